The van der Waals surface area contributed by atoms with Crippen molar-refractivity contribution in [3.05, 3.63) is 5.56 Å². The first-order chi connectivity index (χ1) is 10.7. The molecule has 0 aromatic heterocycles. The molecule has 3 N–H and O–H groups in total. The predicted octanol–water partition coefficient (Wildman–Crippen LogP) is -1.18. The Morgan fingerprint density at radius 1 is 0.957 bits per heavy atom. The lowest BCUT2D eigenvalue weighted by Crippen LogP contribution is -2.47. The average molecular weight is 309 g/mol. The minimum Gasteiger partial charge on any atom is -0.509 e. The van der Waals surface area contributed by atoms with Gasteiger partial charge < -0.3 is 20.2 Å². The Kier molecular flexibility index (Phi) is 5.42. The van der Waals surface area contributed by atoms with Crippen LogP contribution in [0.4, 0.5) is 0 Å². The van der Waals surface area contributed by atoms with Crippen LogP contribution >= 0.6 is 0 Å². The van der Waals surface area contributed by atoms with Gasteiger partial charge in [-0.15, -0.1) is 0 Å². The Bertz CT molecular complexity index is 557. The Labute approximate surface area is 142 Å². The average Bonchev–Trinajstić information content (AvgIpc) is 2.50. The van der Waals surface area contributed by atoms with Crippen molar-refractivity contribution < 1.29 is 15.3 Å². The summed E-state index contributed by atoms with van der Waals surface area (Å²) in [6.07, 6.45) is 4.18. The second kappa shape index (κ2) is 6.82. The van der Waals surface area contributed by atoms with Crippen molar-refractivity contribution in [3.63, 3.8) is 0 Å². The highest BCUT2D eigenvalue weighted by atomic mass is 16.3. The number of aromatic hydroxyl groups is 2. The third kappa shape index (κ3) is 3.41. The second-order valence-electron chi connectivity index (χ2n) is 6.83. The summed E-state index contributed by atoms with van der Waals surface area (Å²) in [6.45, 7) is 0.484. The van der Waals surface area contributed by atoms with E-state index in [1.54, 1.807) is 0 Å². The van der Waals surface area contributed by atoms with E-state index in [-0.39, 0.29) is 22.1 Å². The molecule has 118 valence electrons. The van der Waals surface area contributed by atoms with Gasteiger partial charge in [0.15, 0.2) is 0 Å². The Morgan fingerprint density at radius 2 is 1.52 bits per heavy atom. The monoisotopic (exact) mass is 309 g/mol. The number of hydrogen-bond donors (Lipinski definition) is 3. The summed E-state index contributed by atoms with van der Waals surface area (Å²) in [4.78, 5) is 1.93. The van der Waals surface area contributed by atoms with E-state index in [2.05, 4.69) is 0 Å². The van der Waals surface area contributed by atoms with Gasteiger partial charge in [-0.05, 0) is 38.0 Å². The molecule has 1 aromatic rings. The minimum absolute atomic E-state index is 0.0570. The molecule has 0 bridgehead atoms. The van der Waals surface area contributed by atoms with Crippen molar-refractivity contribution in [3.8, 4) is 11.5 Å². The number of aliphatic hydroxyl groups is 1. The molecule has 6 radical (unpaired) electrons. The number of benzene rings is 1. The van der Waals surface area contributed by atoms with Gasteiger partial charge in [0.25, 0.3) is 0 Å². The molecule has 1 aliphatic rings. The number of likely N-dealkylation sites (N-methyl/N-ethyl adjacent to an activating group) is 1. The first-order valence-corrected chi connectivity index (χ1v) is 7.94. The van der Waals surface area contributed by atoms with Crippen molar-refractivity contribution in [1.82, 2.24) is 4.90 Å². The van der Waals surface area contributed by atoms with Crippen molar-refractivity contribution in [2.24, 2.45) is 0 Å². The summed E-state index contributed by atoms with van der Waals surface area (Å²) in [5.41, 5.74) is -0.825. The maximum Gasteiger partial charge on any atom is 0.124 e. The van der Waals surface area contributed by atoms with Gasteiger partial charge in [-0.2, -0.15) is 0 Å². The van der Waals surface area contributed by atoms with Crippen LogP contribution in [-0.4, -0.2) is 70.0 Å². The lowest BCUT2D eigenvalue weighted by molar-refractivity contribution is -0.0280. The highest BCUT2D eigenvalue weighted by Crippen LogP contribution is 2.41. The highest BCUT2D eigenvalue weighted by Gasteiger charge is 2.41. The van der Waals surface area contributed by atoms with E-state index in [1.807, 2.05) is 19.0 Å². The Balaban J connectivity index is 2.60. The van der Waals surface area contributed by atoms with E-state index in [1.165, 1.54) is 0 Å². The van der Waals surface area contributed by atoms with Crippen molar-refractivity contribution in [1.29, 1.82) is 0 Å². The topological polar surface area (TPSA) is 63.9 Å². The predicted molar refractivity (Wildman–Crippen MR) is 95.3 cm³/mol. The molecule has 1 aromatic carbocycles. The zero-order valence-corrected chi connectivity index (χ0v) is 13.8. The summed E-state index contributed by atoms with van der Waals surface area (Å²) < 4.78 is 0. The minimum atomic E-state index is -0.982. The van der Waals surface area contributed by atoms with Gasteiger partial charge in [0.05, 0.1) is 5.60 Å². The van der Waals surface area contributed by atoms with Gasteiger partial charge in [0.1, 0.15) is 35.0 Å². The van der Waals surface area contributed by atoms with Crippen LogP contribution in [0.2, 0.25) is 0 Å². The molecular weight excluding hydrogens is 287 g/mol. The molecule has 2 rings (SSSR count). The largest absolute Gasteiger partial charge is 0.509 e. The smallest absolute Gasteiger partial charge is 0.124 e. The van der Waals surface area contributed by atoms with Crippen LogP contribution in [0.25, 0.3) is 0 Å². The molecule has 23 heavy (non-hydrogen) atoms. The molecule has 0 heterocycles. The summed E-state index contributed by atoms with van der Waals surface area (Å²) in [7, 11) is 21.4. The number of hydrogen-bond acceptors (Lipinski definition) is 4. The van der Waals surface area contributed by atoms with Crippen molar-refractivity contribution >= 4 is 39.9 Å². The van der Waals surface area contributed by atoms with E-state index < -0.39 is 17.3 Å². The fourth-order valence-electron chi connectivity index (χ4n) is 3.56. The van der Waals surface area contributed by atoms with Crippen LogP contribution < -0.4 is 16.4 Å². The van der Waals surface area contributed by atoms with Gasteiger partial charge in [-0.3, -0.25) is 0 Å². The van der Waals surface area contributed by atoms with Gasteiger partial charge in [-0.25, -0.2) is 0 Å². The van der Waals surface area contributed by atoms with E-state index in [9.17, 15) is 15.3 Å². The summed E-state index contributed by atoms with van der Waals surface area (Å²) >= 11 is 0. The highest BCUT2D eigenvalue weighted by molar-refractivity contribution is 6.53. The summed E-state index contributed by atoms with van der Waals surface area (Å²) in [5.74, 6) is -1.15. The van der Waals surface area contributed by atoms with Crippen LogP contribution in [0.1, 0.15) is 43.6 Å². The number of nitrogens with zero attached hydrogens (tertiary/aromatic N) is 1. The molecule has 1 atom stereocenters. The van der Waals surface area contributed by atoms with Crippen LogP contribution in [0.3, 0.4) is 0 Å². The lowest BCUT2D eigenvalue weighted by Gasteiger charge is -2.42. The third-order valence-electron chi connectivity index (χ3n) is 4.87. The molecule has 1 unspecified atom stereocenters. The molecule has 0 spiro atoms. The number of phenolic OH excluding ortho intramolecular Hbond substituents is 2. The van der Waals surface area contributed by atoms with Gasteiger partial charge in [0.2, 0.25) is 0 Å². The lowest BCUT2D eigenvalue weighted by atomic mass is 9.65. The molecule has 0 amide bonds. The van der Waals surface area contributed by atoms with Gasteiger partial charge in [0, 0.05) is 12.5 Å². The Hall–Kier alpha value is -1.07. The first-order valence-electron chi connectivity index (χ1n) is 7.94. The zero-order valence-electron chi connectivity index (χ0n) is 13.8. The fourth-order valence-corrected chi connectivity index (χ4v) is 3.56. The van der Waals surface area contributed by atoms with E-state index in [4.69, 9.17) is 23.5 Å². The number of phenols is 2. The SMILES string of the molecule is [B]c1c([B])c(C(CN(C)C)C2(O)CCCCC2)c(O)c([B])c1O. The fraction of sp³-hybridized carbons (Fsp3) is 0.625. The molecule has 1 aliphatic carbocycles. The van der Waals surface area contributed by atoms with Crippen LogP contribution in [0.15, 0.2) is 0 Å². The normalized spacial score (nSPS) is 19.0. The molecule has 1 fully saturated rings. The molecule has 0 saturated heterocycles. The van der Waals surface area contributed by atoms with Gasteiger partial charge >= 0.3 is 0 Å². The third-order valence-corrected chi connectivity index (χ3v) is 4.87. The van der Waals surface area contributed by atoms with Crippen LogP contribution in [0.5, 0.6) is 11.5 Å². The van der Waals surface area contributed by atoms with E-state index in [0.717, 1.165) is 19.3 Å². The van der Waals surface area contributed by atoms with E-state index in [0.29, 0.717) is 24.9 Å². The maximum atomic E-state index is 11.2. The quantitative estimate of drug-likeness (QED) is 0.613. The molecule has 4 nitrogen and oxygen atoms in total. The molecule has 0 aliphatic heterocycles. The molecule has 7 heteroatoms. The van der Waals surface area contributed by atoms with Crippen molar-refractivity contribution in [2.75, 3.05) is 20.6 Å². The molecule has 1 saturated carbocycles. The van der Waals surface area contributed by atoms with Crippen molar-refractivity contribution in [2.45, 2.75) is 43.6 Å². The summed E-state index contributed by atoms with van der Waals surface area (Å²) in [6, 6.07) is 0. The second-order valence-corrected chi connectivity index (χ2v) is 6.83. The Morgan fingerprint density at radius 3 is 2.04 bits per heavy atom. The zero-order chi connectivity index (χ0) is 17.4. The summed E-state index contributed by atoms with van der Waals surface area (Å²) in [5, 5.41) is 31.5. The standard InChI is InChI=1S/C16H22B3NO3/c1-20(2)8-9(16(23)6-4-3-5-7-16)10-11(17)12(18)15(22)13(19)14(10)21/h9,21-23H,3-8H2,1-2H3. The first kappa shape index (κ1) is 18.3. The number of rotatable bonds is 4. The van der Waals surface area contributed by atoms with Gasteiger partial charge in [-0.1, -0.05) is 30.2 Å². The van der Waals surface area contributed by atoms with Crippen LogP contribution in [0, 0.1) is 0 Å². The van der Waals surface area contributed by atoms with E-state index >= 15 is 0 Å². The molecular formula is C16H22B3NO3. The van der Waals surface area contributed by atoms with Crippen LogP contribution in [-0.2, 0) is 0 Å². The maximum absolute atomic E-state index is 11.2.